The van der Waals surface area contributed by atoms with E-state index in [-0.39, 0.29) is 5.56 Å². The van der Waals surface area contributed by atoms with Gasteiger partial charge in [0.25, 0.3) is 5.56 Å². The molecule has 0 bridgehead atoms. The normalized spacial score (nSPS) is 13.2. The van der Waals surface area contributed by atoms with E-state index in [1.807, 2.05) is 43.3 Å². The number of aromatic nitrogens is 2. The van der Waals surface area contributed by atoms with Crippen LogP contribution in [0.5, 0.6) is 11.5 Å². The van der Waals surface area contributed by atoms with Crippen molar-refractivity contribution in [2.24, 2.45) is 0 Å². The molecule has 0 amide bonds. The molecular formula is C19H17BrN2O3S. The molecule has 1 aliphatic rings. The summed E-state index contributed by atoms with van der Waals surface area (Å²) in [6.07, 6.45) is 0. The molecule has 134 valence electrons. The maximum atomic E-state index is 12.7. The molecule has 1 aliphatic heterocycles. The lowest BCUT2D eigenvalue weighted by atomic mass is 10.2. The Morgan fingerprint density at radius 1 is 1.19 bits per heavy atom. The van der Waals surface area contributed by atoms with Crippen LogP contribution < -0.4 is 15.0 Å². The number of rotatable bonds is 4. The Balaban J connectivity index is 1.67. The predicted molar refractivity (Wildman–Crippen MR) is 106 cm³/mol. The topological polar surface area (TPSA) is 53.4 Å². The molecule has 0 aliphatic carbocycles. The third kappa shape index (κ3) is 3.21. The van der Waals surface area contributed by atoms with Gasteiger partial charge in [-0.05, 0) is 36.8 Å². The standard InChI is InChI=1S/C19H17BrN2O3S/c1-2-22-18(23)13-5-3-4-6-15(13)21-19(22)26-11-12-9-16-17(10-14(12)20)25-8-7-24-16/h3-6,9-10H,2,7-8,11H2,1H3. The Bertz CT molecular complexity index is 1040. The number of hydrogen-bond acceptors (Lipinski definition) is 5. The molecule has 0 unspecified atom stereocenters. The number of ether oxygens (including phenoxy) is 2. The second kappa shape index (κ2) is 7.32. The summed E-state index contributed by atoms with van der Waals surface area (Å²) in [7, 11) is 0. The number of nitrogens with zero attached hydrogens (tertiary/aromatic N) is 2. The molecule has 2 heterocycles. The van der Waals surface area contributed by atoms with Crippen LogP contribution in [0.4, 0.5) is 0 Å². The first-order valence-corrected chi connectivity index (χ1v) is 10.2. The highest BCUT2D eigenvalue weighted by Crippen LogP contribution is 2.37. The minimum absolute atomic E-state index is 0.00170. The number of fused-ring (bicyclic) bond motifs is 2. The molecule has 0 saturated carbocycles. The number of benzene rings is 2. The molecule has 1 aromatic heterocycles. The summed E-state index contributed by atoms with van der Waals surface area (Å²) in [6.45, 7) is 3.67. The summed E-state index contributed by atoms with van der Waals surface area (Å²) < 4.78 is 13.9. The van der Waals surface area contributed by atoms with Crippen LogP contribution in [0.3, 0.4) is 0 Å². The first-order valence-electron chi connectivity index (χ1n) is 8.37. The van der Waals surface area contributed by atoms with Crippen LogP contribution in [-0.4, -0.2) is 22.8 Å². The molecule has 7 heteroatoms. The molecule has 4 rings (SSSR count). The zero-order valence-electron chi connectivity index (χ0n) is 14.2. The van der Waals surface area contributed by atoms with Gasteiger partial charge in [0.2, 0.25) is 0 Å². The third-order valence-corrected chi connectivity index (χ3v) is 5.97. The van der Waals surface area contributed by atoms with Gasteiger partial charge in [0, 0.05) is 16.8 Å². The van der Waals surface area contributed by atoms with Crippen molar-refractivity contribution in [3.8, 4) is 11.5 Å². The van der Waals surface area contributed by atoms with Crippen LogP contribution in [0.15, 0.2) is 50.8 Å². The molecule has 3 aromatic rings. The SMILES string of the molecule is CCn1c(SCc2cc3c(cc2Br)OCCO3)nc2ccccc2c1=O. The monoisotopic (exact) mass is 432 g/mol. The number of halogens is 1. The van der Waals surface area contributed by atoms with Crippen LogP contribution in [0.2, 0.25) is 0 Å². The van der Waals surface area contributed by atoms with E-state index >= 15 is 0 Å². The van der Waals surface area contributed by atoms with Gasteiger partial charge in [-0.2, -0.15) is 0 Å². The van der Waals surface area contributed by atoms with E-state index in [1.54, 1.807) is 16.3 Å². The van der Waals surface area contributed by atoms with Crippen LogP contribution in [-0.2, 0) is 12.3 Å². The van der Waals surface area contributed by atoms with Gasteiger partial charge in [-0.15, -0.1) is 0 Å². The van der Waals surface area contributed by atoms with E-state index in [4.69, 9.17) is 14.5 Å². The lowest BCUT2D eigenvalue weighted by Crippen LogP contribution is -2.22. The minimum atomic E-state index is 0.00170. The fourth-order valence-corrected chi connectivity index (χ4v) is 4.60. The fraction of sp³-hybridized carbons (Fsp3) is 0.263. The number of para-hydroxylation sites is 1. The van der Waals surface area contributed by atoms with Crippen molar-refractivity contribution in [2.45, 2.75) is 24.4 Å². The van der Waals surface area contributed by atoms with Crippen LogP contribution in [0, 0.1) is 0 Å². The highest BCUT2D eigenvalue weighted by atomic mass is 79.9. The van der Waals surface area contributed by atoms with E-state index in [2.05, 4.69) is 15.9 Å². The molecule has 26 heavy (non-hydrogen) atoms. The summed E-state index contributed by atoms with van der Waals surface area (Å²) >= 11 is 5.14. The smallest absolute Gasteiger partial charge is 0.262 e. The van der Waals surface area contributed by atoms with E-state index in [1.165, 1.54) is 0 Å². The predicted octanol–water partition coefficient (Wildman–Crippen LogP) is 4.24. The molecule has 0 N–H and O–H groups in total. The Hall–Kier alpha value is -1.99. The molecule has 0 saturated heterocycles. The van der Waals surface area contributed by atoms with Crippen molar-refractivity contribution < 1.29 is 9.47 Å². The average molecular weight is 433 g/mol. The van der Waals surface area contributed by atoms with Crippen molar-refractivity contribution in [3.63, 3.8) is 0 Å². The fourth-order valence-electron chi connectivity index (χ4n) is 2.90. The first kappa shape index (κ1) is 17.4. The van der Waals surface area contributed by atoms with E-state index < -0.39 is 0 Å². The molecule has 0 fully saturated rings. The van der Waals surface area contributed by atoms with Gasteiger partial charge < -0.3 is 9.47 Å². The summed E-state index contributed by atoms with van der Waals surface area (Å²) in [6, 6.07) is 11.4. The lowest BCUT2D eigenvalue weighted by Gasteiger charge is -2.20. The molecule has 0 atom stereocenters. The van der Waals surface area contributed by atoms with Gasteiger partial charge >= 0.3 is 0 Å². The Morgan fingerprint density at radius 2 is 1.92 bits per heavy atom. The maximum Gasteiger partial charge on any atom is 0.262 e. The second-order valence-corrected chi connectivity index (χ2v) is 7.63. The van der Waals surface area contributed by atoms with Gasteiger partial charge in [-0.25, -0.2) is 4.98 Å². The van der Waals surface area contributed by atoms with Gasteiger partial charge in [0.05, 0.1) is 10.9 Å². The van der Waals surface area contributed by atoms with Crippen molar-refractivity contribution in [1.82, 2.24) is 9.55 Å². The van der Waals surface area contributed by atoms with Crippen LogP contribution >= 0.6 is 27.7 Å². The van der Waals surface area contributed by atoms with Crippen molar-refractivity contribution in [2.75, 3.05) is 13.2 Å². The summed E-state index contributed by atoms with van der Waals surface area (Å²) in [5.74, 6) is 2.18. The molecule has 5 nitrogen and oxygen atoms in total. The van der Waals surface area contributed by atoms with Crippen LogP contribution in [0.1, 0.15) is 12.5 Å². The summed E-state index contributed by atoms with van der Waals surface area (Å²) in [4.78, 5) is 17.4. The average Bonchev–Trinajstić information content (AvgIpc) is 2.66. The van der Waals surface area contributed by atoms with E-state index in [0.717, 1.165) is 32.2 Å². The van der Waals surface area contributed by atoms with Crippen molar-refractivity contribution in [1.29, 1.82) is 0 Å². The highest BCUT2D eigenvalue weighted by Gasteiger charge is 2.16. The van der Waals surface area contributed by atoms with Gasteiger partial charge in [0.15, 0.2) is 16.7 Å². The van der Waals surface area contributed by atoms with Crippen molar-refractivity contribution in [3.05, 3.63) is 56.8 Å². The van der Waals surface area contributed by atoms with E-state index in [0.29, 0.717) is 30.9 Å². The van der Waals surface area contributed by atoms with Crippen LogP contribution in [0.25, 0.3) is 10.9 Å². The van der Waals surface area contributed by atoms with Crippen molar-refractivity contribution >= 4 is 38.6 Å². The Labute approximate surface area is 163 Å². The Morgan fingerprint density at radius 3 is 2.69 bits per heavy atom. The second-order valence-electron chi connectivity index (χ2n) is 5.84. The quantitative estimate of drug-likeness (QED) is 0.455. The lowest BCUT2D eigenvalue weighted by molar-refractivity contribution is 0.171. The summed E-state index contributed by atoms with van der Waals surface area (Å²) in [5, 5.41) is 1.37. The summed E-state index contributed by atoms with van der Waals surface area (Å²) in [5.41, 5.74) is 1.80. The molecular weight excluding hydrogens is 416 g/mol. The highest BCUT2D eigenvalue weighted by molar-refractivity contribution is 9.10. The zero-order chi connectivity index (χ0) is 18.1. The molecule has 0 radical (unpaired) electrons. The number of hydrogen-bond donors (Lipinski definition) is 0. The van der Waals surface area contributed by atoms with E-state index in [9.17, 15) is 4.79 Å². The Kier molecular flexibility index (Phi) is 4.91. The third-order valence-electron chi connectivity index (χ3n) is 4.21. The zero-order valence-corrected chi connectivity index (χ0v) is 16.6. The minimum Gasteiger partial charge on any atom is -0.486 e. The number of thioether (sulfide) groups is 1. The molecule has 2 aromatic carbocycles. The molecule has 0 spiro atoms. The maximum absolute atomic E-state index is 12.7. The first-order chi connectivity index (χ1) is 12.7. The van der Waals surface area contributed by atoms with Gasteiger partial charge in [0.1, 0.15) is 13.2 Å². The van der Waals surface area contributed by atoms with Gasteiger partial charge in [-0.3, -0.25) is 9.36 Å². The van der Waals surface area contributed by atoms with Gasteiger partial charge in [-0.1, -0.05) is 39.8 Å². The largest absolute Gasteiger partial charge is 0.486 e.